The summed E-state index contributed by atoms with van der Waals surface area (Å²) in [6, 6.07) is 0. The molecular formula is C14H30O2S4. The Labute approximate surface area is 142 Å². The van der Waals surface area contributed by atoms with Gasteiger partial charge in [-0.1, -0.05) is 0 Å². The molecule has 0 fully saturated rings. The Bertz CT molecular complexity index is 155. The maximum Gasteiger partial charge on any atom is 0.0556 e. The van der Waals surface area contributed by atoms with Crippen LogP contribution in [0.2, 0.25) is 0 Å². The van der Waals surface area contributed by atoms with Crippen molar-refractivity contribution in [2.24, 2.45) is 0 Å². The molecule has 0 unspecified atom stereocenters. The molecule has 0 aromatic carbocycles. The van der Waals surface area contributed by atoms with Crippen molar-refractivity contribution < 1.29 is 9.47 Å². The van der Waals surface area contributed by atoms with Crippen LogP contribution in [0.3, 0.4) is 0 Å². The minimum Gasteiger partial charge on any atom is -0.381 e. The summed E-state index contributed by atoms with van der Waals surface area (Å²) in [5, 5.41) is 0. The van der Waals surface area contributed by atoms with Gasteiger partial charge < -0.3 is 9.47 Å². The molecule has 0 aliphatic rings. The lowest BCUT2D eigenvalue weighted by atomic mass is 10.8. The van der Waals surface area contributed by atoms with Gasteiger partial charge >= 0.3 is 0 Å². The minimum atomic E-state index is 0.844. The van der Waals surface area contributed by atoms with E-state index in [1.807, 2.05) is 23.5 Å². The van der Waals surface area contributed by atoms with Gasteiger partial charge in [-0.2, -0.15) is 47.0 Å². The van der Waals surface area contributed by atoms with Crippen molar-refractivity contribution in [3.05, 3.63) is 0 Å². The highest BCUT2D eigenvalue weighted by Gasteiger charge is 1.94. The van der Waals surface area contributed by atoms with Crippen molar-refractivity contribution in [3.63, 3.8) is 0 Å². The molecule has 2 nitrogen and oxygen atoms in total. The molecule has 6 heteroatoms. The zero-order valence-electron chi connectivity index (χ0n) is 12.9. The molecule has 0 saturated heterocycles. The largest absolute Gasteiger partial charge is 0.381 e. The molecule has 0 atom stereocenters. The lowest BCUT2D eigenvalue weighted by molar-refractivity contribution is 0.164. The van der Waals surface area contributed by atoms with Gasteiger partial charge in [0.2, 0.25) is 0 Å². The average Bonchev–Trinajstić information content (AvgIpc) is 2.47. The maximum absolute atomic E-state index is 5.31. The maximum atomic E-state index is 5.31. The highest BCUT2D eigenvalue weighted by molar-refractivity contribution is 8.05. The Morgan fingerprint density at radius 3 is 1.10 bits per heavy atom. The van der Waals surface area contributed by atoms with E-state index in [1.54, 1.807) is 0 Å². The molecule has 0 aliphatic heterocycles. The van der Waals surface area contributed by atoms with E-state index in [4.69, 9.17) is 9.47 Å². The summed E-state index contributed by atoms with van der Waals surface area (Å²) in [5.74, 6) is 9.94. The molecule has 0 saturated carbocycles. The lowest BCUT2D eigenvalue weighted by Crippen LogP contribution is -1.99. The van der Waals surface area contributed by atoms with Gasteiger partial charge in [0.15, 0.2) is 0 Å². The summed E-state index contributed by atoms with van der Waals surface area (Å²) < 4.78 is 10.6. The molecule has 0 aromatic rings. The lowest BCUT2D eigenvalue weighted by Gasteiger charge is -2.04. The van der Waals surface area contributed by atoms with Crippen LogP contribution in [-0.2, 0) is 9.47 Å². The zero-order valence-corrected chi connectivity index (χ0v) is 16.2. The Kier molecular flexibility index (Phi) is 21.7. The summed E-state index contributed by atoms with van der Waals surface area (Å²) in [6.45, 7) is 7.60. The van der Waals surface area contributed by atoms with Crippen LogP contribution in [0.1, 0.15) is 13.8 Å². The van der Waals surface area contributed by atoms with Crippen LogP contribution < -0.4 is 0 Å². The highest BCUT2D eigenvalue weighted by atomic mass is 32.2. The van der Waals surface area contributed by atoms with Crippen molar-refractivity contribution in [1.29, 1.82) is 0 Å². The topological polar surface area (TPSA) is 18.5 Å². The van der Waals surface area contributed by atoms with Crippen LogP contribution in [-0.4, -0.2) is 72.5 Å². The standard InChI is InChI=1S/C14H30O2S4/c1-3-15-5-7-17-9-11-19-13-14-20-12-10-18-8-6-16-4-2/h3-14H2,1-2H3. The fraction of sp³-hybridized carbons (Fsp3) is 1.00. The molecule has 0 heterocycles. The highest BCUT2D eigenvalue weighted by Crippen LogP contribution is 2.12. The van der Waals surface area contributed by atoms with Crippen LogP contribution in [0.15, 0.2) is 0 Å². The van der Waals surface area contributed by atoms with Gasteiger partial charge in [-0.3, -0.25) is 0 Å². The normalized spacial score (nSPS) is 11.1. The molecule has 0 rings (SSSR count). The van der Waals surface area contributed by atoms with E-state index in [2.05, 4.69) is 37.4 Å². The molecule has 122 valence electrons. The zero-order chi connectivity index (χ0) is 14.7. The second kappa shape index (κ2) is 20.3. The van der Waals surface area contributed by atoms with Gasteiger partial charge in [-0.15, -0.1) is 0 Å². The molecule has 20 heavy (non-hydrogen) atoms. The second-order valence-corrected chi connectivity index (χ2v) is 8.74. The molecule has 0 aromatic heterocycles. The van der Waals surface area contributed by atoms with Gasteiger partial charge in [0.25, 0.3) is 0 Å². The monoisotopic (exact) mass is 358 g/mol. The first-order valence-electron chi connectivity index (χ1n) is 7.38. The molecule has 0 amide bonds. The van der Waals surface area contributed by atoms with Crippen LogP contribution in [0.4, 0.5) is 0 Å². The predicted molar refractivity (Wildman–Crippen MR) is 102 cm³/mol. The van der Waals surface area contributed by atoms with Gasteiger partial charge in [-0.25, -0.2) is 0 Å². The molecule has 0 radical (unpaired) electrons. The van der Waals surface area contributed by atoms with E-state index in [0.29, 0.717) is 0 Å². The SMILES string of the molecule is CCOCCSCCSCCSCCSCCOCC. The molecule has 0 spiro atoms. The second-order valence-electron chi connectivity index (χ2n) is 3.84. The Hall–Kier alpha value is 1.32. The molecular weight excluding hydrogens is 328 g/mol. The summed E-state index contributed by atoms with van der Waals surface area (Å²) in [5.41, 5.74) is 0. The van der Waals surface area contributed by atoms with Crippen molar-refractivity contribution in [2.45, 2.75) is 13.8 Å². The molecule has 0 bridgehead atoms. The van der Waals surface area contributed by atoms with Gasteiger partial charge in [0.05, 0.1) is 13.2 Å². The van der Waals surface area contributed by atoms with Gasteiger partial charge in [0.1, 0.15) is 0 Å². The number of hydrogen-bond donors (Lipinski definition) is 0. The third kappa shape index (κ3) is 19.3. The Morgan fingerprint density at radius 2 is 0.800 bits per heavy atom. The van der Waals surface area contributed by atoms with E-state index < -0.39 is 0 Å². The number of thioether (sulfide) groups is 4. The predicted octanol–water partition coefficient (Wildman–Crippen LogP) is 3.99. The Balaban J connectivity index is 2.89. The number of hydrogen-bond acceptors (Lipinski definition) is 6. The van der Waals surface area contributed by atoms with Gasteiger partial charge in [0, 0.05) is 59.2 Å². The van der Waals surface area contributed by atoms with E-state index in [-0.39, 0.29) is 0 Å². The van der Waals surface area contributed by atoms with Crippen molar-refractivity contribution in [3.8, 4) is 0 Å². The van der Waals surface area contributed by atoms with E-state index in [1.165, 1.54) is 34.5 Å². The first-order valence-corrected chi connectivity index (χ1v) is 12.0. The Morgan fingerprint density at radius 1 is 0.500 bits per heavy atom. The third-order valence-electron chi connectivity index (χ3n) is 2.27. The summed E-state index contributed by atoms with van der Waals surface area (Å²) >= 11 is 8.18. The minimum absolute atomic E-state index is 0.844. The summed E-state index contributed by atoms with van der Waals surface area (Å²) in [7, 11) is 0. The van der Waals surface area contributed by atoms with Gasteiger partial charge in [-0.05, 0) is 13.8 Å². The fourth-order valence-corrected chi connectivity index (χ4v) is 5.40. The van der Waals surface area contributed by atoms with Crippen molar-refractivity contribution >= 4 is 47.0 Å². The van der Waals surface area contributed by atoms with Crippen molar-refractivity contribution in [2.75, 3.05) is 72.5 Å². The number of rotatable bonds is 17. The summed E-state index contributed by atoms with van der Waals surface area (Å²) in [4.78, 5) is 0. The summed E-state index contributed by atoms with van der Waals surface area (Å²) in [6.07, 6.45) is 0. The average molecular weight is 359 g/mol. The van der Waals surface area contributed by atoms with E-state index >= 15 is 0 Å². The first-order chi connectivity index (χ1) is 9.91. The van der Waals surface area contributed by atoms with Crippen LogP contribution in [0, 0.1) is 0 Å². The van der Waals surface area contributed by atoms with E-state index in [9.17, 15) is 0 Å². The van der Waals surface area contributed by atoms with E-state index in [0.717, 1.165) is 37.9 Å². The van der Waals surface area contributed by atoms with Crippen molar-refractivity contribution in [1.82, 2.24) is 0 Å². The fourth-order valence-electron chi connectivity index (χ4n) is 1.29. The van der Waals surface area contributed by atoms with Crippen LogP contribution >= 0.6 is 47.0 Å². The van der Waals surface area contributed by atoms with Crippen LogP contribution in [0.25, 0.3) is 0 Å². The third-order valence-corrected chi connectivity index (χ3v) is 6.91. The number of ether oxygens (including phenoxy) is 2. The smallest absolute Gasteiger partial charge is 0.0556 e. The molecule has 0 N–H and O–H groups in total. The first kappa shape index (κ1) is 21.3. The molecule has 0 aliphatic carbocycles. The van der Waals surface area contributed by atoms with Crippen LogP contribution in [0.5, 0.6) is 0 Å². The quantitative estimate of drug-likeness (QED) is 0.363.